The van der Waals surface area contributed by atoms with E-state index in [1.807, 2.05) is 60.7 Å². The van der Waals surface area contributed by atoms with Crippen LogP contribution in [0, 0.1) is 11.6 Å². The lowest BCUT2D eigenvalue weighted by molar-refractivity contribution is 0.101. The highest BCUT2D eigenvalue weighted by Gasteiger charge is 2.15. The number of ketones is 1. The van der Waals surface area contributed by atoms with E-state index >= 15 is 0 Å². The first-order valence-corrected chi connectivity index (χ1v) is 10.2. The van der Waals surface area contributed by atoms with E-state index in [-0.39, 0.29) is 11.3 Å². The van der Waals surface area contributed by atoms with Crippen LogP contribution in [-0.4, -0.2) is 21.5 Å². The molecular formula is C24H16F2N2OS. The molecule has 1 heterocycles. The maximum atomic E-state index is 13.9. The smallest absolute Gasteiger partial charge is 0.176 e. The van der Waals surface area contributed by atoms with Gasteiger partial charge < -0.3 is 0 Å². The summed E-state index contributed by atoms with van der Waals surface area (Å²) in [6.07, 6.45) is 3.71. The molecule has 30 heavy (non-hydrogen) atoms. The molecule has 0 aliphatic carbocycles. The van der Waals surface area contributed by atoms with Crippen LogP contribution in [0.15, 0.2) is 77.8 Å². The summed E-state index contributed by atoms with van der Waals surface area (Å²) in [6, 6.07) is 20.1. The lowest BCUT2D eigenvalue weighted by atomic mass is 10.1. The van der Waals surface area contributed by atoms with Crippen molar-refractivity contribution in [1.29, 1.82) is 0 Å². The Balaban J connectivity index is 1.62. The monoisotopic (exact) mass is 418 g/mol. The molecule has 4 rings (SSSR count). The number of para-hydroxylation sites is 1. The van der Waals surface area contributed by atoms with Crippen LogP contribution >= 0.6 is 11.8 Å². The molecule has 0 N–H and O–H groups in total. The van der Waals surface area contributed by atoms with Crippen molar-refractivity contribution in [1.82, 2.24) is 9.97 Å². The van der Waals surface area contributed by atoms with Crippen LogP contribution in [-0.2, 0) is 0 Å². The molecule has 0 amide bonds. The van der Waals surface area contributed by atoms with Crippen LogP contribution in [0.4, 0.5) is 8.78 Å². The van der Waals surface area contributed by atoms with Crippen LogP contribution < -0.4 is 0 Å². The SMILES string of the molecule is O=C(CSc1nc(C=Cc2ccccc2)nc2ccccc12)c1cc(F)ccc1F. The largest absolute Gasteiger partial charge is 0.293 e. The van der Waals surface area contributed by atoms with Crippen LogP contribution in [0.5, 0.6) is 0 Å². The normalized spacial score (nSPS) is 11.3. The Morgan fingerprint density at radius 1 is 0.900 bits per heavy atom. The molecule has 0 aliphatic rings. The number of carbonyl (C=O) groups is 1. The summed E-state index contributed by atoms with van der Waals surface area (Å²) in [6.45, 7) is 0. The minimum absolute atomic E-state index is 0.0662. The molecule has 0 fully saturated rings. The number of thioether (sulfide) groups is 1. The summed E-state index contributed by atoms with van der Waals surface area (Å²) in [5.41, 5.74) is 1.50. The van der Waals surface area contributed by atoms with Gasteiger partial charge in [-0.2, -0.15) is 0 Å². The quantitative estimate of drug-likeness (QED) is 0.217. The third kappa shape index (κ3) is 4.60. The molecule has 0 radical (unpaired) electrons. The van der Waals surface area contributed by atoms with E-state index in [0.29, 0.717) is 10.9 Å². The number of hydrogen-bond donors (Lipinski definition) is 0. The molecule has 3 nitrogen and oxygen atoms in total. The molecule has 0 unspecified atom stereocenters. The third-order valence-corrected chi connectivity index (χ3v) is 5.37. The number of aromatic nitrogens is 2. The molecule has 1 aromatic heterocycles. The zero-order chi connectivity index (χ0) is 20.9. The highest BCUT2D eigenvalue weighted by Crippen LogP contribution is 2.27. The Kier molecular flexibility index (Phi) is 5.95. The second-order valence-corrected chi connectivity index (χ2v) is 7.45. The van der Waals surface area contributed by atoms with Gasteiger partial charge in [-0.3, -0.25) is 4.79 Å². The summed E-state index contributed by atoms with van der Waals surface area (Å²) >= 11 is 1.18. The van der Waals surface area contributed by atoms with Crippen molar-refractivity contribution in [2.75, 3.05) is 5.75 Å². The fourth-order valence-electron chi connectivity index (χ4n) is 2.91. The van der Waals surface area contributed by atoms with Crippen molar-refractivity contribution in [3.63, 3.8) is 0 Å². The van der Waals surface area contributed by atoms with E-state index in [4.69, 9.17) is 0 Å². The van der Waals surface area contributed by atoms with Gasteiger partial charge in [-0.1, -0.05) is 66.4 Å². The minimum atomic E-state index is -0.735. The van der Waals surface area contributed by atoms with Crippen LogP contribution in [0.2, 0.25) is 0 Å². The van der Waals surface area contributed by atoms with E-state index in [0.717, 1.165) is 34.7 Å². The van der Waals surface area contributed by atoms with Crippen molar-refractivity contribution in [3.8, 4) is 0 Å². The average molecular weight is 418 g/mol. The first-order chi connectivity index (χ1) is 14.6. The van der Waals surface area contributed by atoms with Gasteiger partial charge in [0.05, 0.1) is 16.8 Å². The Labute approximate surface area is 176 Å². The maximum absolute atomic E-state index is 13.9. The number of Topliss-reactive ketones (excluding diaryl/α,β-unsaturated/α-hetero) is 1. The lowest BCUT2D eigenvalue weighted by Gasteiger charge is -2.07. The number of carbonyl (C=O) groups excluding carboxylic acids is 1. The van der Waals surface area contributed by atoms with Crippen LogP contribution in [0.25, 0.3) is 23.1 Å². The predicted octanol–water partition coefficient (Wildman–Crippen LogP) is 6.05. The molecule has 0 spiro atoms. The predicted molar refractivity (Wildman–Crippen MR) is 116 cm³/mol. The molecule has 0 bridgehead atoms. The number of benzene rings is 3. The van der Waals surface area contributed by atoms with Gasteiger partial charge in [0.15, 0.2) is 11.6 Å². The molecule has 4 aromatic rings. The number of nitrogens with zero attached hydrogens (tertiary/aromatic N) is 2. The lowest BCUT2D eigenvalue weighted by Crippen LogP contribution is -2.06. The fourth-order valence-corrected chi connectivity index (χ4v) is 3.82. The van der Waals surface area contributed by atoms with E-state index < -0.39 is 17.4 Å². The first kappa shape index (κ1) is 19.9. The number of rotatable bonds is 6. The summed E-state index contributed by atoms with van der Waals surface area (Å²) in [7, 11) is 0. The second-order valence-electron chi connectivity index (χ2n) is 6.48. The standard InChI is InChI=1S/C24H16F2N2OS/c25-17-11-12-20(26)19(14-17)22(29)15-30-24-18-8-4-5-9-21(18)27-23(28-24)13-10-16-6-2-1-3-7-16/h1-14H,15H2. The van der Waals surface area contributed by atoms with Crippen molar-refractivity contribution >= 4 is 40.6 Å². The van der Waals surface area contributed by atoms with Gasteiger partial charge in [0.1, 0.15) is 16.7 Å². The highest BCUT2D eigenvalue weighted by molar-refractivity contribution is 8.00. The Hall–Kier alpha value is -3.38. The molecule has 0 saturated carbocycles. The molecule has 3 aromatic carbocycles. The molecule has 0 aliphatic heterocycles. The summed E-state index contributed by atoms with van der Waals surface area (Å²) in [5.74, 6) is -1.44. The summed E-state index contributed by atoms with van der Waals surface area (Å²) in [4.78, 5) is 21.6. The third-order valence-electron chi connectivity index (χ3n) is 4.38. The van der Waals surface area contributed by atoms with Gasteiger partial charge in [-0.05, 0) is 35.9 Å². The van der Waals surface area contributed by atoms with Gasteiger partial charge in [0, 0.05) is 5.39 Å². The second kappa shape index (κ2) is 8.97. The van der Waals surface area contributed by atoms with Crippen molar-refractivity contribution in [2.24, 2.45) is 0 Å². The molecular weight excluding hydrogens is 402 g/mol. The van der Waals surface area contributed by atoms with Gasteiger partial charge in [0.25, 0.3) is 0 Å². The van der Waals surface area contributed by atoms with Gasteiger partial charge in [0.2, 0.25) is 0 Å². The van der Waals surface area contributed by atoms with Crippen LogP contribution in [0.1, 0.15) is 21.7 Å². The molecule has 0 saturated heterocycles. The minimum Gasteiger partial charge on any atom is -0.293 e. The van der Waals surface area contributed by atoms with E-state index in [2.05, 4.69) is 9.97 Å². The molecule has 6 heteroatoms. The zero-order valence-electron chi connectivity index (χ0n) is 15.8. The molecule has 148 valence electrons. The van der Waals surface area contributed by atoms with E-state index in [1.165, 1.54) is 11.8 Å². The average Bonchev–Trinajstić information content (AvgIpc) is 2.78. The van der Waals surface area contributed by atoms with E-state index in [1.54, 1.807) is 6.08 Å². The highest BCUT2D eigenvalue weighted by atomic mass is 32.2. The van der Waals surface area contributed by atoms with Gasteiger partial charge in [-0.25, -0.2) is 18.7 Å². The van der Waals surface area contributed by atoms with Crippen molar-refractivity contribution in [3.05, 3.63) is 101 Å². The summed E-state index contributed by atoms with van der Waals surface area (Å²) in [5, 5.41) is 1.41. The fraction of sp³-hybridized carbons (Fsp3) is 0.0417. The van der Waals surface area contributed by atoms with E-state index in [9.17, 15) is 13.6 Å². The van der Waals surface area contributed by atoms with Crippen LogP contribution in [0.3, 0.4) is 0 Å². The number of hydrogen-bond acceptors (Lipinski definition) is 4. The maximum Gasteiger partial charge on any atom is 0.176 e. The Morgan fingerprint density at radius 3 is 2.50 bits per heavy atom. The Bertz CT molecular complexity index is 1240. The first-order valence-electron chi connectivity index (χ1n) is 9.21. The number of halogens is 2. The Morgan fingerprint density at radius 2 is 1.67 bits per heavy atom. The van der Waals surface area contributed by atoms with Crippen molar-refractivity contribution < 1.29 is 13.6 Å². The summed E-state index contributed by atoms with van der Waals surface area (Å²) < 4.78 is 27.3. The van der Waals surface area contributed by atoms with Gasteiger partial charge in [-0.15, -0.1) is 0 Å². The zero-order valence-corrected chi connectivity index (χ0v) is 16.6. The topological polar surface area (TPSA) is 42.9 Å². The number of fused-ring (bicyclic) bond motifs is 1. The molecule has 0 atom stereocenters. The van der Waals surface area contributed by atoms with Crippen molar-refractivity contribution in [2.45, 2.75) is 5.03 Å². The van der Waals surface area contributed by atoms with Gasteiger partial charge >= 0.3 is 0 Å².